The van der Waals surface area contributed by atoms with Gasteiger partial charge in [0.25, 0.3) is 0 Å². The zero-order valence-electron chi connectivity index (χ0n) is 12.0. The minimum atomic E-state index is -0.486. The average molecular weight is 258 g/mol. The van der Waals surface area contributed by atoms with E-state index in [1.165, 1.54) is 0 Å². The normalized spacial score (nSPS) is 14.8. The molecule has 0 radical (unpaired) electrons. The quantitative estimate of drug-likeness (QED) is 0.655. The Balaban J connectivity index is 3.83. The Hall–Kier alpha value is -1.10. The van der Waals surface area contributed by atoms with E-state index in [4.69, 9.17) is 0 Å². The average Bonchev–Trinajstić information content (AvgIpc) is 2.20. The molecule has 5 nitrogen and oxygen atoms in total. The van der Waals surface area contributed by atoms with E-state index in [-0.39, 0.29) is 30.4 Å². The molecule has 0 aliphatic carbocycles. The molecule has 0 aliphatic heterocycles. The fourth-order valence-electron chi connectivity index (χ4n) is 1.44. The summed E-state index contributed by atoms with van der Waals surface area (Å²) < 4.78 is 0. The summed E-state index contributed by atoms with van der Waals surface area (Å²) in [5.41, 5.74) is -0.486. The minimum absolute atomic E-state index is 0.00248. The molecule has 0 saturated carbocycles. The van der Waals surface area contributed by atoms with Gasteiger partial charge in [-0.2, -0.15) is 0 Å². The van der Waals surface area contributed by atoms with Gasteiger partial charge in [-0.1, -0.05) is 27.7 Å². The standard InChI is InChI=1S/C13H26N2O3/c1-9(6-10(2)16)7-14-11(17)8-15-12(18)13(3,4)5/h9-10,16H,6-8H2,1-5H3,(H,14,17)(H,15,18). The monoisotopic (exact) mass is 258 g/mol. The van der Waals surface area contributed by atoms with Crippen LogP contribution in [0.3, 0.4) is 0 Å². The van der Waals surface area contributed by atoms with Crippen LogP contribution in [0.15, 0.2) is 0 Å². The maximum atomic E-state index is 11.5. The molecule has 0 saturated heterocycles. The molecule has 0 heterocycles. The van der Waals surface area contributed by atoms with Crippen molar-refractivity contribution in [1.29, 1.82) is 0 Å². The molecule has 106 valence electrons. The van der Waals surface area contributed by atoms with Gasteiger partial charge in [-0.25, -0.2) is 0 Å². The lowest BCUT2D eigenvalue weighted by molar-refractivity contribution is -0.131. The largest absolute Gasteiger partial charge is 0.393 e. The van der Waals surface area contributed by atoms with E-state index in [0.717, 1.165) is 0 Å². The van der Waals surface area contributed by atoms with E-state index in [2.05, 4.69) is 10.6 Å². The summed E-state index contributed by atoms with van der Waals surface area (Å²) in [7, 11) is 0. The lowest BCUT2D eigenvalue weighted by Crippen LogP contribution is -2.42. The van der Waals surface area contributed by atoms with E-state index < -0.39 is 5.41 Å². The highest BCUT2D eigenvalue weighted by molar-refractivity contribution is 5.87. The summed E-state index contributed by atoms with van der Waals surface area (Å²) in [6.45, 7) is 9.58. The van der Waals surface area contributed by atoms with Gasteiger partial charge in [0.2, 0.25) is 11.8 Å². The van der Waals surface area contributed by atoms with Crippen molar-refractivity contribution in [3.05, 3.63) is 0 Å². The van der Waals surface area contributed by atoms with Crippen LogP contribution in [0.5, 0.6) is 0 Å². The van der Waals surface area contributed by atoms with E-state index in [9.17, 15) is 14.7 Å². The maximum Gasteiger partial charge on any atom is 0.239 e. The third kappa shape index (κ3) is 8.06. The zero-order chi connectivity index (χ0) is 14.3. The Bertz CT molecular complexity index is 282. The summed E-state index contributed by atoms with van der Waals surface area (Å²) in [6.07, 6.45) is 0.284. The van der Waals surface area contributed by atoms with Gasteiger partial charge in [0.15, 0.2) is 0 Å². The van der Waals surface area contributed by atoms with Crippen molar-refractivity contribution in [1.82, 2.24) is 10.6 Å². The van der Waals surface area contributed by atoms with Gasteiger partial charge in [0, 0.05) is 12.0 Å². The van der Waals surface area contributed by atoms with Crippen LogP contribution in [0.1, 0.15) is 41.0 Å². The highest BCUT2D eigenvalue weighted by Crippen LogP contribution is 2.11. The number of aliphatic hydroxyl groups excluding tert-OH is 1. The van der Waals surface area contributed by atoms with Crippen LogP contribution in [0.25, 0.3) is 0 Å². The third-order valence-electron chi connectivity index (χ3n) is 2.48. The second-order valence-electron chi connectivity index (χ2n) is 5.93. The van der Waals surface area contributed by atoms with Crippen molar-refractivity contribution in [3.8, 4) is 0 Å². The highest BCUT2D eigenvalue weighted by Gasteiger charge is 2.21. The summed E-state index contributed by atoms with van der Waals surface area (Å²) >= 11 is 0. The second-order valence-corrected chi connectivity index (χ2v) is 5.93. The van der Waals surface area contributed by atoms with Crippen LogP contribution in [0.4, 0.5) is 0 Å². The molecule has 0 aromatic rings. The van der Waals surface area contributed by atoms with Gasteiger partial charge in [-0.15, -0.1) is 0 Å². The zero-order valence-corrected chi connectivity index (χ0v) is 12.0. The predicted octanol–water partition coefficient (Wildman–Crippen LogP) is 0.672. The van der Waals surface area contributed by atoms with Gasteiger partial charge < -0.3 is 15.7 Å². The van der Waals surface area contributed by atoms with Crippen LogP contribution in [0, 0.1) is 11.3 Å². The fraction of sp³-hybridized carbons (Fsp3) is 0.846. The van der Waals surface area contributed by atoms with Crippen LogP contribution in [-0.4, -0.2) is 36.1 Å². The van der Waals surface area contributed by atoms with E-state index in [0.29, 0.717) is 13.0 Å². The number of amides is 2. The Kier molecular flexibility index (Phi) is 6.91. The minimum Gasteiger partial charge on any atom is -0.393 e. The van der Waals surface area contributed by atoms with Crippen molar-refractivity contribution in [2.75, 3.05) is 13.1 Å². The van der Waals surface area contributed by atoms with Crippen molar-refractivity contribution in [2.45, 2.75) is 47.1 Å². The van der Waals surface area contributed by atoms with Crippen molar-refractivity contribution < 1.29 is 14.7 Å². The SMILES string of the molecule is CC(O)CC(C)CNC(=O)CNC(=O)C(C)(C)C. The summed E-state index contributed by atoms with van der Waals surface area (Å²) in [5, 5.41) is 14.5. The van der Waals surface area contributed by atoms with E-state index >= 15 is 0 Å². The van der Waals surface area contributed by atoms with Crippen LogP contribution in [-0.2, 0) is 9.59 Å². The molecule has 2 amide bonds. The molecule has 2 atom stereocenters. The molecule has 0 fully saturated rings. The van der Waals surface area contributed by atoms with Crippen LogP contribution >= 0.6 is 0 Å². The molecule has 18 heavy (non-hydrogen) atoms. The first-order chi connectivity index (χ1) is 8.12. The first-order valence-electron chi connectivity index (χ1n) is 6.36. The van der Waals surface area contributed by atoms with Gasteiger partial charge in [-0.3, -0.25) is 9.59 Å². The number of aliphatic hydroxyl groups is 1. The summed E-state index contributed by atoms with van der Waals surface area (Å²) in [4.78, 5) is 23.0. The van der Waals surface area contributed by atoms with Crippen molar-refractivity contribution >= 4 is 11.8 Å². The Morgan fingerprint density at radius 2 is 1.72 bits per heavy atom. The number of hydrogen-bond donors (Lipinski definition) is 3. The predicted molar refractivity (Wildman–Crippen MR) is 70.9 cm³/mol. The summed E-state index contributed by atoms with van der Waals surface area (Å²) in [6, 6.07) is 0. The first-order valence-corrected chi connectivity index (χ1v) is 6.36. The molecule has 0 bridgehead atoms. The maximum absolute atomic E-state index is 11.5. The Morgan fingerprint density at radius 3 is 2.17 bits per heavy atom. The number of carbonyl (C=O) groups excluding carboxylic acids is 2. The number of rotatable bonds is 6. The Morgan fingerprint density at radius 1 is 1.17 bits per heavy atom. The van der Waals surface area contributed by atoms with Crippen LogP contribution in [0.2, 0.25) is 0 Å². The smallest absolute Gasteiger partial charge is 0.239 e. The molecule has 0 aliphatic rings. The van der Waals surface area contributed by atoms with Crippen molar-refractivity contribution in [3.63, 3.8) is 0 Å². The molecule has 2 unspecified atom stereocenters. The molecule has 5 heteroatoms. The molecular formula is C13H26N2O3. The number of nitrogens with one attached hydrogen (secondary N) is 2. The van der Waals surface area contributed by atoms with Gasteiger partial charge in [0.05, 0.1) is 12.6 Å². The topological polar surface area (TPSA) is 78.4 Å². The molecule has 3 N–H and O–H groups in total. The van der Waals surface area contributed by atoms with Gasteiger partial charge in [0.1, 0.15) is 0 Å². The van der Waals surface area contributed by atoms with Crippen LogP contribution < -0.4 is 10.6 Å². The van der Waals surface area contributed by atoms with E-state index in [1.54, 1.807) is 27.7 Å². The van der Waals surface area contributed by atoms with Gasteiger partial charge >= 0.3 is 0 Å². The molecular weight excluding hydrogens is 232 g/mol. The molecule has 0 aromatic heterocycles. The summed E-state index contributed by atoms with van der Waals surface area (Å²) in [5.74, 6) is -0.132. The number of hydrogen-bond acceptors (Lipinski definition) is 3. The molecule has 0 spiro atoms. The lowest BCUT2D eigenvalue weighted by atomic mass is 9.96. The first kappa shape index (κ1) is 16.9. The highest BCUT2D eigenvalue weighted by atomic mass is 16.3. The lowest BCUT2D eigenvalue weighted by Gasteiger charge is -2.18. The second kappa shape index (κ2) is 7.36. The third-order valence-corrected chi connectivity index (χ3v) is 2.48. The molecule has 0 rings (SSSR count). The Labute approximate surface area is 109 Å². The number of carbonyl (C=O) groups is 2. The van der Waals surface area contributed by atoms with Crippen molar-refractivity contribution in [2.24, 2.45) is 11.3 Å². The van der Waals surface area contributed by atoms with Gasteiger partial charge in [-0.05, 0) is 19.3 Å². The molecule has 0 aromatic carbocycles. The van der Waals surface area contributed by atoms with E-state index in [1.807, 2.05) is 6.92 Å². The fourth-order valence-corrected chi connectivity index (χ4v) is 1.44.